The van der Waals surface area contributed by atoms with E-state index in [0.717, 1.165) is 23.7 Å². The number of anilines is 1. The molecule has 0 radical (unpaired) electrons. The van der Waals surface area contributed by atoms with Crippen LogP contribution in [0.4, 0.5) is 10.3 Å². The predicted octanol–water partition coefficient (Wildman–Crippen LogP) is 3.81. The number of nitrogens with zero attached hydrogens (tertiary/aromatic N) is 4. The fourth-order valence-electron chi connectivity index (χ4n) is 3.13. The minimum absolute atomic E-state index is 0.0882. The molecule has 0 atom stereocenters. The summed E-state index contributed by atoms with van der Waals surface area (Å²) >= 11 is 1.40. The summed E-state index contributed by atoms with van der Waals surface area (Å²) in [5.74, 6) is 0.166. The van der Waals surface area contributed by atoms with Gasteiger partial charge in [-0.2, -0.15) is 0 Å². The number of benzene rings is 1. The highest BCUT2D eigenvalue weighted by Crippen LogP contribution is 2.30. The van der Waals surface area contributed by atoms with Crippen molar-refractivity contribution in [2.75, 3.05) is 11.4 Å². The molecule has 7 heteroatoms. The first-order valence-electron chi connectivity index (χ1n) is 8.12. The second-order valence-corrected chi connectivity index (χ2v) is 7.26. The summed E-state index contributed by atoms with van der Waals surface area (Å²) in [4.78, 5) is 24.2. The van der Waals surface area contributed by atoms with Crippen LogP contribution in [0.3, 0.4) is 0 Å². The number of amides is 1. The van der Waals surface area contributed by atoms with Crippen molar-refractivity contribution in [1.29, 1.82) is 0 Å². The van der Waals surface area contributed by atoms with E-state index in [1.54, 1.807) is 23.1 Å². The van der Waals surface area contributed by atoms with Crippen molar-refractivity contribution in [2.45, 2.75) is 26.8 Å². The highest BCUT2D eigenvalue weighted by molar-refractivity contribution is 7.13. The van der Waals surface area contributed by atoms with Gasteiger partial charge in [0.15, 0.2) is 0 Å². The lowest BCUT2D eigenvalue weighted by molar-refractivity contribution is 0.0984. The smallest absolute Gasteiger partial charge is 0.272 e. The molecule has 1 aromatic carbocycles. The molecule has 0 unspecified atom stereocenters. The first-order valence-corrected chi connectivity index (χ1v) is 8.94. The van der Waals surface area contributed by atoms with Gasteiger partial charge in [-0.25, -0.2) is 14.4 Å². The number of hydrogen-bond acceptors (Lipinski definition) is 4. The van der Waals surface area contributed by atoms with Crippen LogP contribution in [-0.2, 0) is 6.54 Å². The second kappa shape index (κ2) is 6.07. The van der Waals surface area contributed by atoms with E-state index in [9.17, 15) is 9.18 Å². The molecule has 0 saturated heterocycles. The summed E-state index contributed by atoms with van der Waals surface area (Å²) in [6.45, 7) is 5.10. The SMILES string of the molecule is Cc1nc(C)c(C(=O)N2CCCn3cc(-c4ccccc4F)nc32)s1. The summed E-state index contributed by atoms with van der Waals surface area (Å²) in [5.41, 5.74) is 1.73. The number of halogens is 1. The molecule has 0 fully saturated rings. The van der Waals surface area contributed by atoms with Gasteiger partial charge in [0, 0.05) is 24.8 Å². The highest BCUT2D eigenvalue weighted by atomic mass is 32.1. The molecule has 1 amide bonds. The Morgan fingerprint density at radius 2 is 2.00 bits per heavy atom. The molecule has 0 bridgehead atoms. The average Bonchev–Trinajstić information content (AvgIpc) is 3.17. The van der Waals surface area contributed by atoms with Gasteiger partial charge in [0.25, 0.3) is 5.91 Å². The number of thiazole rings is 1. The fourth-order valence-corrected chi connectivity index (χ4v) is 4.00. The Morgan fingerprint density at radius 3 is 2.72 bits per heavy atom. The maximum absolute atomic E-state index is 14.1. The van der Waals surface area contributed by atoms with Gasteiger partial charge in [-0.1, -0.05) is 12.1 Å². The summed E-state index contributed by atoms with van der Waals surface area (Å²) in [7, 11) is 0. The van der Waals surface area contributed by atoms with Crippen LogP contribution in [0.15, 0.2) is 30.5 Å². The van der Waals surface area contributed by atoms with Gasteiger partial charge in [0.05, 0.1) is 16.4 Å². The Morgan fingerprint density at radius 1 is 1.20 bits per heavy atom. The molecule has 2 aromatic heterocycles. The molecule has 1 aliphatic heterocycles. The molecule has 1 aliphatic rings. The van der Waals surface area contributed by atoms with Crippen LogP contribution in [0.1, 0.15) is 26.8 Å². The molecular weight excluding hydrogens is 339 g/mol. The number of rotatable bonds is 2. The third-order valence-electron chi connectivity index (χ3n) is 4.27. The van der Waals surface area contributed by atoms with Crippen molar-refractivity contribution in [3.05, 3.63) is 51.9 Å². The number of aryl methyl sites for hydroxylation is 3. The largest absolute Gasteiger partial charge is 0.316 e. The lowest BCUT2D eigenvalue weighted by Crippen LogP contribution is -2.37. The van der Waals surface area contributed by atoms with Crippen molar-refractivity contribution >= 4 is 23.2 Å². The minimum atomic E-state index is -0.315. The van der Waals surface area contributed by atoms with Crippen LogP contribution in [0, 0.1) is 19.7 Å². The molecule has 4 rings (SSSR count). The quantitative estimate of drug-likeness (QED) is 0.701. The Labute approximate surface area is 148 Å². The van der Waals surface area contributed by atoms with E-state index < -0.39 is 0 Å². The third-order valence-corrected chi connectivity index (χ3v) is 5.33. The molecule has 25 heavy (non-hydrogen) atoms. The molecular formula is C18H17FN4OS. The lowest BCUT2D eigenvalue weighted by Gasteiger charge is -2.26. The molecule has 128 valence electrons. The van der Waals surface area contributed by atoms with Gasteiger partial charge in [-0.15, -0.1) is 11.3 Å². The standard InChI is InChI=1S/C18H17FN4OS/c1-11-16(25-12(2)20-11)17(24)23-9-5-8-22-10-15(21-18(22)23)13-6-3-4-7-14(13)19/h3-4,6-7,10H,5,8-9H2,1-2H3. The summed E-state index contributed by atoms with van der Waals surface area (Å²) in [5, 5.41) is 0.869. The van der Waals surface area contributed by atoms with Crippen LogP contribution in [0.25, 0.3) is 11.3 Å². The number of aromatic nitrogens is 3. The van der Waals surface area contributed by atoms with Gasteiger partial charge >= 0.3 is 0 Å². The zero-order chi connectivity index (χ0) is 17.6. The van der Waals surface area contributed by atoms with E-state index in [-0.39, 0.29) is 11.7 Å². The van der Waals surface area contributed by atoms with E-state index >= 15 is 0 Å². The van der Waals surface area contributed by atoms with Crippen molar-refractivity contribution < 1.29 is 9.18 Å². The van der Waals surface area contributed by atoms with E-state index in [1.807, 2.05) is 24.6 Å². The highest BCUT2D eigenvalue weighted by Gasteiger charge is 2.29. The predicted molar refractivity (Wildman–Crippen MR) is 95.5 cm³/mol. The van der Waals surface area contributed by atoms with Gasteiger partial charge in [0.2, 0.25) is 5.95 Å². The van der Waals surface area contributed by atoms with Crippen molar-refractivity contribution in [1.82, 2.24) is 14.5 Å². The zero-order valence-electron chi connectivity index (χ0n) is 14.0. The maximum Gasteiger partial charge on any atom is 0.272 e. The Bertz CT molecular complexity index is 962. The van der Waals surface area contributed by atoms with E-state index in [1.165, 1.54) is 17.4 Å². The monoisotopic (exact) mass is 356 g/mol. The van der Waals surface area contributed by atoms with Crippen LogP contribution in [-0.4, -0.2) is 27.0 Å². The molecule has 0 N–H and O–H groups in total. The van der Waals surface area contributed by atoms with E-state index in [0.29, 0.717) is 28.6 Å². The number of carbonyl (C=O) groups excluding carboxylic acids is 1. The Hall–Kier alpha value is -2.54. The Balaban J connectivity index is 1.74. The van der Waals surface area contributed by atoms with Crippen molar-refractivity contribution in [3.8, 4) is 11.3 Å². The number of imidazole rings is 1. The van der Waals surface area contributed by atoms with Crippen LogP contribution in [0.2, 0.25) is 0 Å². The van der Waals surface area contributed by atoms with Gasteiger partial charge in [0.1, 0.15) is 10.7 Å². The number of carbonyl (C=O) groups is 1. The third kappa shape index (κ3) is 2.74. The second-order valence-electron chi connectivity index (χ2n) is 6.06. The van der Waals surface area contributed by atoms with E-state index in [4.69, 9.17) is 0 Å². The molecule has 0 aliphatic carbocycles. The van der Waals surface area contributed by atoms with Crippen LogP contribution in [0.5, 0.6) is 0 Å². The number of hydrogen-bond donors (Lipinski definition) is 0. The van der Waals surface area contributed by atoms with Gasteiger partial charge in [-0.3, -0.25) is 9.69 Å². The topological polar surface area (TPSA) is 51.0 Å². The first-order chi connectivity index (χ1) is 12.0. The van der Waals surface area contributed by atoms with Crippen molar-refractivity contribution in [2.24, 2.45) is 0 Å². The average molecular weight is 356 g/mol. The molecule has 0 spiro atoms. The van der Waals surface area contributed by atoms with Crippen molar-refractivity contribution in [3.63, 3.8) is 0 Å². The first kappa shape index (κ1) is 16.0. The van der Waals surface area contributed by atoms with Crippen LogP contribution >= 0.6 is 11.3 Å². The molecule has 0 saturated carbocycles. The van der Waals surface area contributed by atoms with E-state index in [2.05, 4.69) is 9.97 Å². The van der Waals surface area contributed by atoms with Gasteiger partial charge in [-0.05, 0) is 32.4 Å². The Kier molecular flexibility index (Phi) is 3.88. The summed E-state index contributed by atoms with van der Waals surface area (Å²) in [6.07, 6.45) is 2.65. The van der Waals surface area contributed by atoms with Crippen LogP contribution < -0.4 is 4.90 Å². The normalized spacial score (nSPS) is 13.8. The fraction of sp³-hybridized carbons (Fsp3) is 0.278. The molecule has 5 nitrogen and oxygen atoms in total. The minimum Gasteiger partial charge on any atom is -0.316 e. The number of fused-ring (bicyclic) bond motifs is 1. The lowest BCUT2D eigenvalue weighted by atomic mass is 10.1. The van der Waals surface area contributed by atoms with Gasteiger partial charge < -0.3 is 4.57 Å². The molecule has 3 aromatic rings. The molecule has 3 heterocycles. The maximum atomic E-state index is 14.1. The zero-order valence-corrected chi connectivity index (χ0v) is 14.8. The summed E-state index contributed by atoms with van der Waals surface area (Å²) < 4.78 is 16.0. The summed E-state index contributed by atoms with van der Waals surface area (Å²) in [6, 6.07) is 6.55.